The molecule has 126 valence electrons. The van der Waals surface area contributed by atoms with Gasteiger partial charge in [0.25, 0.3) is 5.60 Å². The van der Waals surface area contributed by atoms with Gasteiger partial charge in [0.1, 0.15) is 0 Å². The van der Waals surface area contributed by atoms with Crippen LogP contribution in [0.2, 0.25) is 0 Å². The van der Waals surface area contributed by atoms with Crippen LogP contribution >= 0.6 is 0 Å². The minimum Gasteiger partial charge on any atom is -0.479 e. The Kier molecular flexibility index (Phi) is 7.89. The first kappa shape index (κ1) is 20.2. The van der Waals surface area contributed by atoms with Crippen molar-refractivity contribution in [3.8, 4) is 0 Å². The van der Waals surface area contributed by atoms with Crippen LogP contribution in [0.4, 0.5) is 18.9 Å². The van der Waals surface area contributed by atoms with Crippen molar-refractivity contribution in [3.05, 3.63) is 29.8 Å². The van der Waals surface area contributed by atoms with Gasteiger partial charge in [0.15, 0.2) is 0 Å². The van der Waals surface area contributed by atoms with E-state index in [0.717, 1.165) is 25.3 Å². The Labute approximate surface area is 126 Å². The Morgan fingerprint density at radius 1 is 1.18 bits per heavy atom. The minimum atomic E-state index is -5.29. The van der Waals surface area contributed by atoms with Crippen LogP contribution in [0, 0.1) is 0 Å². The number of anilines is 1. The summed E-state index contributed by atoms with van der Waals surface area (Å²) in [6, 6.07) is 4.31. The third kappa shape index (κ3) is 4.88. The summed E-state index contributed by atoms with van der Waals surface area (Å²) in [5, 5.41) is 20.5. The van der Waals surface area contributed by atoms with E-state index in [2.05, 4.69) is 5.32 Å². The minimum absolute atomic E-state index is 0.503. The molecule has 0 heterocycles. The molecule has 0 aromatic heterocycles. The highest BCUT2D eigenvalue weighted by molar-refractivity contribution is 5.80. The summed E-state index contributed by atoms with van der Waals surface area (Å²) in [6.45, 7) is 5.67. The van der Waals surface area contributed by atoms with E-state index >= 15 is 0 Å². The largest absolute Gasteiger partial charge is 0.479 e. The van der Waals surface area contributed by atoms with Gasteiger partial charge in [0.2, 0.25) is 0 Å². The highest BCUT2D eigenvalue weighted by atomic mass is 19.4. The number of rotatable bonds is 5. The smallest absolute Gasteiger partial charge is 0.432 e. The molecule has 1 aromatic rings. The molecule has 0 aliphatic heterocycles. The molecule has 8 heteroatoms. The molecule has 1 aromatic carbocycles. The summed E-state index contributed by atoms with van der Waals surface area (Å²) in [6.07, 6.45) is -5.29. The molecule has 0 aliphatic carbocycles. The molecule has 0 fully saturated rings. The van der Waals surface area contributed by atoms with Gasteiger partial charge in [-0.25, -0.2) is 4.79 Å². The van der Waals surface area contributed by atoms with E-state index < -0.39 is 23.3 Å². The third-order valence-corrected chi connectivity index (χ3v) is 2.72. The van der Waals surface area contributed by atoms with Crippen LogP contribution in [-0.4, -0.2) is 42.6 Å². The quantitative estimate of drug-likeness (QED) is 0.776. The summed E-state index contributed by atoms with van der Waals surface area (Å²) in [5.41, 5.74) is -4.13. The second kappa shape index (κ2) is 8.60. The van der Waals surface area contributed by atoms with Crippen molar-refractivity contribution in [2.45, 2.75) is 25.6 Å². The number of hydrogen-bond donors (Lipinski definition) is 3. The van der Waals surface area contributed by atoms with Gasteiger partial charge >= 0.3 is 12.1 Å². The number of aliphatic carboxylic acids is 1. The van der Waals surface area contributed by atoms with Crippen molar-refractivity contribution in [1.82, 2.24) is 0 Å². The van der Waals surface area contributed by atoms with Gasteiger partial charge in [0.05, 0.1) is 0 Å². The first-order chi connectivity index (χ1) is 10.1. The maximum absolute atomic E-state index is 12.6. The number of alkyl halides is 3. The van der Waals surface area contributed by atoms with Crippen molar-refractivity contribution in [2.75, 3.05) is 25.6 Å². The number of halogens is 3. The lowest BCUT2D eigenvalue weighted by molar-refractivity contribution is -0.265. The normalized spacial score (nSPS) is 13.6. The Morgan fingerprint density at radius 2 is 1.64 bits per heavy atom. The fraction of sp³-hybridized carbons (Fsp3) is 0.500. The van der Waals surface area contributed by atoms with Gasteiger partial charge in [-0.2, -0.15) is 13.2 Å². The highest BCUT2D eigenvalue weighted by Crippen LogP contribution is 2.39. The zero-order valence-electron chi connectivity index (χ0n) is 12.6. The van der Waals surface area contributed by atoms with E-state index in [1.807, 2.05) is 13.8 Å². The molecule has 0 saturated heterocycles. The zero-order valence-corrected chi connectivity index (χ0v) is 12.6. The van der Waals surface area contributed by atoms with Crippen molar-refractivity contribution in [3.63, 3.8) is 0 Å². The number of carboxylic acid groups (broad SMARTS) is 1. The third-order valence-electron chi connectivity index (χ3n) is 2.72. The molecular formula is C14H20F3NO4. The van der Waals surface area contributed by atoms with Crippen LogP contribution in [-0.2, 0) is 15.1 Å². The molecule has 0 amide bonds. The van der Waals surface area contributed by atoms with E-state index in [1.54, 1.807) is 7.05 Å². The predicted molar refractivity (Wildman–Crippen MR) is 75.7 cm³/mol. The van der Waals surface area contributed by atoms with Crippen LogP contribution in [0.1, 0.15) is 19.4 Å². The van der Waals surface area contributed by atoms with Gasteiger partial charge in [0, 0.05) is 31.5 Å². The molecule has 0 aliphatic rings. The van der Waals surface area contributed by atoms with Crippen molar-refractivity contribution < 1.29 is 32.9 Å². The molecule has 0 radical (unpaired) electrons. The molecule has 1 rings (SSSR count). The zero-order chi connectivity index (χ0) is 17.4. The van der Waals surface area contributed by atoms with Crippen molar-refractivity contribution >= 4 is 11.7 Å². The van der Waals surface area contributed by atoms with Crippen LogP contribution in [0.25, 0.3) is 0 Å². The lowest BCUT2D eigenvalue weighted by Crippen LogP contribution is -2.49. The first-order valence-corrected chi connectivity index (χ1v) is 6.53. The first-order valence-electron chi connectivity index (χ1n) is 6.53. The number of aliphatic hydroxyl groups is 1. The van der Waals surface area contributed by atoms with Gasteiger partial charge in [-0.1, -0.05) is 12.1 Å². The van der Waals surface area contributed by atoms with Gasteiger partial charge < -0.3 is 20.3 Å². The monoisotopic (exact) mass is 323 g/mol. The molecule has 0 bridgehead atoms. The summed E-state index contributed by atoms with van der Waals surface area (Å²) in [7, 11) is 1.56. The van der Waals surface area contributed by atoms with Crippen LogP contribution in [0.3, 0.4) is 0 Å². The second-order valence-electron chi connectivity index (χ2n) is 4.12. The number of benzene rings is 1. The number of carbonyl (C=O) groups is 1. The summed E-state index contributed by atoms with van der Waals surface area (Å²) in [4.78, 5) is 10.6. The molecule has 1 unspecified atom stereocenters. The average Bonchev–Trinajstić information content (AvgIpc) is 2.46. The topological polar surface area (TPSA) is 78.8 Å². The lowest BCUT2D eigenvalue weighted by Gasteiger charge is -2.26. The number of hydrogen-bond acceptors (Lipinski definition) is 4. The van der Waals surface area contributed by atoms with Crippen molar-refractivity contribution in [1.29, 1.82) is 0 Å². The molecule has 0 spiro atoms. The van der Waals surface area contributed by atoms with Crippen LogP contribution < -0.4 is 5.32 Å². The maximum Gasteiger partial charge on any atom is 0.432 e. The van der Waals surface area contributed by atoms with E-state index in [-0.39, 0.29) is 0 Å². The van der Waals surface area contributed by atoms with Gasteiger partial charge in [-0.3, -0.25) is 0 Å². The fourth-order valence-electron chi connectivity index (χ4n) is 1.49. The van der Waals surface area contributed by atoms with E-state index in [4.69, 9.17) is 9.84 Å². The Hall–Kier alpha value is -1.80. The molecule has 5 nitrogen and oxygen atoms in total. The fourth-order valence-corrected chi connectivity index (χ4v) is 1.49. The summed E-state index contributed by atoms with van der Waals surface area (Å²) >= 11 is 0. The number of nitrogens with one attached hydrogen (secondary N) is 1. The molecule has 0 saturated carbocycles. The second-order valence-corrected chi connectivity index (χ2v) is 4.12. The van der Waals surface area contributed by atoms with Crippen molar-refractivity contribution in [2.24, 2.45) is 0 Å². The molecular weight excluding hydrogens is 303 g/mol. The lowest BCUT2D eigenvalue weighted by atomic mass is 9.93. The van der Waals surface area contributed by atoms with Gasteiger partial charge in [-0.15, -0.1) is 0 Å². The van der Waals surface area contributed by atoms with E-state index in [1.165, 1.54) is 12.1 Å². The summed E-state index contributed by atoms with van der Waals surface area (Å²) in [5.74, 6) is -2.36. The number of ether oxygens (including phenoxy) is 1. The van der Waals surface area contributed by atoms with Crippen LogP contribution in [0.5, 0.6) is 0 Å². The van der Waals surface area contributed by atoms with E-state index in [9.17, 15) is 23.1 Å². The molecule has 1 atom stereocenters. The van der Waals surface area contributed by atoms with Gasteiger partial charge in [-0.05, 0) is 26.0 Å². The standard InChI is InChI=1S/C10H10F3NO3.C4H10O/c1-14-7-4-2-6(3-5-7)9(17,8(15)16)10(11,12)13;1-3-5-4-2/h2-5,14,17H,1H3,(H,15,16);3-4H2,1-2H3. The average molecular weight is 323 g/mol. The Bertz CT molecular complexity index is 460. The maximum atomic E-state index is 12.6. The SMILES string of the molecule is CCOCC.CNc1ccc(C(O)(C(=O)O)C(F)(F)F)cc1. The Balaban J connectivity index is 0.000000763. The summed E-state index contributed by atoms with van der Waals surface area (Å²) < 4.78 is 42.6. The highest BCUT2D eigenvalue weighted by Gasteiger charge is 2.61. The number of carboxylic acids is 1. The Morgan fingerprint density at radius 3 is 1.86 bits per heavy atom. The van der Waals surface area contributed by atoms with E-state index in [0.29, 0.717) is 5.69 Å². The molecule has 3 N–H and O–H groups in total. The molecule has 22 heavy (non-hydrogen) atoms. The van der Waals surface area contributed by atoms with Crippen LogP contribution in [0.15, 0.2) is 24.3 Å². The predicted octanol–water partition coefficient (Wildman–Crippen LogP) is 2.61.